The van der Waals surface area contributed by atoms with E-state index in [2.05, 4.69) is 4.74 Å². The van der Waals surface area contributed by atoms with Gasteiger partial charge in [-0.2, -0.15) is 39.5 Å². The fraction of sp³-hybridized carbons (Fsp3) is 0.933. The molecule has 1 aliphatic heterocycles. The van der Waals surface area contributed by atoms with Crippen molar-refractivity contribution in [3.8, 4) is 0 Å². The molecule has 4 nitrogen and oxygen atoms in total. The number of ether oxygens (including phenoxy) is 2. The monoisotopic (exact) mass is 433 g/mol. The molecule has 1 heterocycles. The molecular formula is C15H20F9NO3. The third-order valence-corrected chi connectivity index (χ3v) is 3.93. The highest BCUT2D eigenvalue weighted by molar-refractivity contribution is 5.77. The van der Waals surface area contributed by atoms with Crippen molar-refractivity contribution in [1.82, 2.24) is 4.90 Å². The van der Waals surface area contributed by atoms with Gasteiger partial charge in [-0.25, -0.2) is 4.79 Å². The topological polar surface area (TPSA) is 38.8 Å². The number of morpholine rings is 1. The van der Waals surface area contributed by atoms with Crippen molar-refractivity contribution in [2.75, 3.05) is 32.8 Å². The van der Waals surface area contributed by atoms with Crippen LogP contribution in [0.25, 0.3) is 0 Å². The predicted octanol–water partition coefficient (Wildman–Crippen LogP) is 3.89. The first kappa shape index (κ1) is 24.8. The molecule has 1 unspecified atom stereocenters. The minimum atomic E-state index is -5.55. The van der Waals surface area contributed by atoms with Gasteiger partial charge in [-0.05, 0) is 6.92 Å². The zero-order valence-corrected chi connectivity index (χ0v) is 14.8. The number of nitrogens with zero attached hydrogens (tertiary/aromatic N) is 1. The molecule has 0 bridgehead atoms. The summed E-state index contributed by atoms with van der Waals surface area (Å²) < 4.78 is 126. The SMILES string of the molecule is CC(CN1CCOCC1)OC(=O)C(F)(F)CC(F)(F)C(F)(F)CCC(F)(F)F. The minimum Gasteiger partial charge on any atom is -0.457 e. The zero-order chi connectivity index (χ0) is 21.8. The first-order valence-corrected chi connectivity index (χ1v) is 8.27. The normalized spacial score (nSPS) is 18.8. The van der Waals surface area contributed by atoms with E-state index in [1.807, 2.05) is 0 Å². The Labute approximate surface area is 154 Å². The van der Waals surface area contributed by atoms with E-state index < -0.39 is 55.3 Å². The highest BCUT2D eigenvalue weighted by atomic mass is 19.4. The molecule has 1 atom stereocenters. The third-order valence-electron chi connectivity index (χ3n) is 3.93. The lowest BCUT2D eigenvalue weighted by Gasteiger charge is -2.31. The van der Waals surface area contributed by atoms with Crippen molar-refractivity contribution in [3.05, 3.63) is 0 Å². The summed E-state index contributed by atoms with van der Waals surface area (Å²) in [5.41, 5.74) is 0. The Bertz CT molecular complexity index is 519. The molecule has 1 aliphatic rings. The summed E-state index contributed by atoms with van der Waals surface area (Å²) in [6, 6.07) is 0. The summed E-state index contributed by atoms with van der Waals surface area (Å²) >= 11 is 0. The second-order valence-corrected chi connectivity index (χ2v) is 6.53. The first-order chi connectivity index (χ1) is 12.6. The van der Waals surface area contributed by atoms with Gasteiger partial charge in [-0.15, -0.1) is 0 Å². The molecule has 0 aromatic rings. The largest absolute Gasteiger partial charge is 0.457 e. The molecule has 0 spiro atoms. The van der Waals surface area contributed by atoms with Gasteiger partial charge in [0.15, 0.2) is 0 Å². The van der Waals surface area contributed by atoms with Crippen LogP contribution in [0.2, 0.25) is 0 Å². The maximum atomic E-state index is 13.7. The summed E-state index contributed by atoms with van der Waals surface area (Å²) in [4.78, 5) is 13.2. The van der Waals surface area contributed by atoms with Gasteiger partial charge in [0, 0.05) is 32.5 Å². The minimum absolute atomic E-state index is 0.0106. The highest BCUT2D eigenvalue weighted by Gasteiger charge is 2.63. The van der Waals surface area contributed by atoms with Crippen molar-refractivity contribution >= 4 is 5.97 Å². The lowest BCUT2D eigenvalue weighted by atomic mass is 9.99. The van der Waals surface area contributed by atoms with E-state index in [1.165, 1.54) is 6.92 Å². The summed E-state index contributed by atoms with van der Waals surface area (Å²) in [5.74, 6) is -18.4. The van der Waals surface area contributed by atoms with Gasteiger partial charge in [0.25, 0.3) is 0 Å². The van der Waals surface area contributed by atoms with E-state index >= 15 is 0 Å². The van der Waals surface area contributed by atoms with E-state index in [4.69, 9.17) is 4.74 Å². The Morgan fingerprint density at radius 2 is 1.50 bits per heavy atom. The number of carbonyl (C=O) groups is 1. The molecule has 0 radical (unpaired) electrons. The van der Waals surface area contributed by atoms with Gasteiger partial charge in [-0.1, -0.05) is 0 Å². The van der Waals surface area contributed by atoms with Crippen molar-refractivity contribution in [1.29, 1.82) is 0 Å². The molecule has 0 amide bonds. The van der Waals surface area contributed by atoms with Crippen LogP contribution in [0.15, 0.2) is 0 Å². The zero-order valence-electron chi connectivity index (χ0n) is 14.8. The van der Waals surface area contributed by atoms with Crippen molar-refractivity contribution < 1.29 is 53.8 Å². The van der Waals surface area contributed by atoms with E-state index in [0.29, 0.717) is 26.3 Å². The maximum absolute atomic E-state index is 13.7. The molecule has 13 heteroatoms. The predicted molar refractivity (Wildman–Crippen MR) is 77.6 cm³/mol. The Morgan fingerprint density at radius 3 is 2.00 bits per heavy atom. The molecule has 0 saturated carbocycles. The van der Waals surface area contributed by atoms with Gasteiger partial charge in [-0.3, -0.25) is 4.90 Å². The van der Waals surface area contributed by atoms with Crippen LogP contribution in [0.3, 0.4) is 0 Å². The molecule has 0 aliphatic carbocycles. The molecule has 0 N–H and O–H groups in total. The van der Waals surface area contributed by atoms with Gasteiger partial charge in [0.05, 0.1) is 19.6 Å². The summed E-state index contributed by atoms with van der Waals surface area (Å²) in [7, 11) is 0. The summed E-state index contributed by atoms with van der Waals surface area (Å²) in [6.45, 7) is 2.75. The first-order valence-electron chi connectivity index (χ1n) is 8.27. The van der Waals surface area contributed by atoms with Crippen LogP contribution in [-0.4, -0.2) is 73.8 Å². The van der Waals surface area contributed by atoms with Crippen LogP contribution in [0, 0.1) is 0 Å². The third kappa shape index (κ3) is 7.64. The fourth-order valence-electron chi connectivity index (χ4n) is 2.42. The van der Waals surface area contributed by atoms with Crippen LogP contribution >= 0.6 is 0 Å². The molecule has 0 aromatic heterocycles. The maximum Gasteiger partial charge on any atom is 0.389 e. The summed E-state index contributed by atoms with van der Waals surface area (Å²) in [6.07, 6.45) is -14.0. The Kier molecular flexibility index (Phi) is 8.02. The van der Waals surface area contributed by atoms with Crippen LogP contribution in [0.4, 0.5) is 39.5 Å². The number of alkyl halides is 9. The van der Waals surface area contributed by atoms with Crippen molar-refractivity contribution in [2.45, 2.75) is 56.2 Å². The molecule has 28 heavy (non-hydrogen) atoms. The van der Waals surface area contributed by atoms with Crippen LogP contribution in [0.1, 0.15) is 26.2 Å². The Balaban J connectivity index is 2.66. The molecule has 1 saturated heterocycles. The average molecular weight is 433 g/mol. The molecule has 1 fully saturated rings. The van der Waals surface area contributed by atoms with Gasteiger partial charge >= 0.3 is 29.9 Å². The summed E-state index contributed by atoms with van der Waals surface area (Å²) in [5, 5.41) is 0. The Morgan fingerprint density at radius 1 is 0.964 bits per heavy atom. The van der Waals surface area contributed by atoms with Gasteiger partial charge in [0.2, 0.25) is 0 Å². The average Bonchev–Trinajstić information content (AvgIpc) is 2.52. The van der Waals surface area contributed by atoms with Crippen LogP contribution in [0.5, 0.6) is 0 Å². The van der Waals surface area contributed by atoms with Crippen LogP contribution in [-0.2, 0) is 14.3 Å². The smallest absolute Gasteiger partial charge is 0.389 e. The number of esters is 1. The lowest BCUT2D eigenvalue weighted by Crippen LogP contribution is -2.49. The Hall–Kier alpha value is -1.24. The molecule has 1 rings (SSSR count). The number of halogens is 9. The van der Waals surface area contributed by atoms with Crippen molar-refractivity contribution in [3.63, 3.8) is 0 Å². The fourth-order valence-corrected chi connectivity index (χ4v) is 2.42. The highest BCUT2D eigenvalue weighted by Crippen LogP contribution is 2.46. The molecule has 166 valence electrons. The standard InChI is InChI=1S/C15H20F9NO3/c1-10(8-25-4-6-27-7-5-25)28-11(26)12(16,17)9-14(20,21)13(18,19)2-3-15(22,23)24/h10H,2-9H2,1H3. The van der Waals surface area contributed by atoms with E-state index in [0.717, 1.165) is 0 Å². The van der Waals surface area contributed by atoms with E-state index in [-0.39, 0.29) is 6.54 Å². The van der Waals surface area contributed by atoms with E-state index in [1.54, 1.807) is 4.90 Å². The molecule has 0 aromatic carbocycles. The van der Waals surface area contributed by atoms with Gasteiger partial charge < -0.3 is 9.47 Å². The lowest BCUT2D eigenvalue weighted by molar-refractivity contribution is -0.253. The number of hydrogen-bond acceptors (Lipinski definition) is 4. The van der Waals surface area contributed by atoms with Gasteiger partial charge in [0.1, 0.15) is 6.10 Å². The number of carbonyl (C=O) groups excluding carboxylic acids is 1. The second kappa shape index (κ2) is 9.06. The molecular weight excluding hydrogens is 413 g/mol. The quantitative estimate of drug-likeness (QED) is 0.409. The number of rotatable bonds is 9. The number of hydrogen-bond donors (Lipinski definition) is 0. The van der Waals surface area contributed by atoms with Crippen molar-refractivity contribution in [2.24, 2.45) is 0 Å². The van der Waals surface area contributed by atoms with E-state index in [9.17, 15) is 44.3 Å². The second-order valence-electron chi connectivity index (χ2n) is 6.53. The van der Waals surface area contributed by atoms with Crippen LogP contribution < -0.4 is 0 Å².